The normalized spacial score (nSPS) is 10.6. The van der Waals surface area contributed by atoms with Crippen LogP contribution >= 0.6 is 11.3 Å². The number of nitrogens with zero attached hydrogens (tertiary/aromatic N) is 2. The summed E-state index contributed by atoms with van der Waals surface area (Å²) < 4.78 is 13.2. The standard InChI is InChI=1S/C22H16FN3OS/c23-17-10-8-16(9-11-17)18-14-24-22(21(25-18)19-7-4-12-28-19)26-20(27)13-15-5-2-1-3-6-15/h1-12,14H,13H2,(H,24,26,27). The summed E-state index contributed by atoms with van der Waals surface area (Å²) in [4.78, 5) is 22.5. The molecule has 4 nitrogen and oxygen atoms in total. The van der Waals surface area contributed by atoms with Crippen LogP contribution in [0.1, 0.15) is 5.56 Å². The summed E-state index contributed by atoms with van der Waals surface area (Å²) in [5, 5.41) is 4.81. The van der Waals surface area contributed by atoms with Crippen molar-refractivity contribution in [3.8, 4) is 21.8 Å². The van der Waals surface area contributed by atoms with E-state index in [4.69, 9.17) is 0 Å². The Bertz CT molecular complexity index is 1080. The van der Waals surface area contributed by atoms with Gasteiger partial charge in [0.05, 0.1) is 23.2 Å². The lowest BCUT2D eigenvalue weighted by atomic mass is 10.1. The fourth-order valence-corrected chi connectivity index (χ4v) is 3.50. The molecule has 1 N–H and O–H groups in total. The Morgan fingerprint density at radius 2 is 1.79 bits per heavy atom. The zero-order valence-corrected chi connectivity index (χ0v) is 15.6. The molecule has 6 heteroatoms. The Hall–Kier alpha value is -3.38. The number of hydrogen-bond acceptors (Lipinski definition) is 4. The van der Waals surface area contributed by atoms with Crippen LogP contribution in [0.5, 0.6) is 0 Å². The van der Waals surface area contributed by atoms with Gasteiger partial charge in [0.2, 0.25) is 5.91 Å². The molecule has 138 valence electrons. The van der Waals surface area contributed by atoms with E-state index in [1.54, 1.807) is 18.3 Å². The van der Waals surface area contributed by atoms with Gasteiger partial charge in [0.25, 0.3) is 0 Å². The average molecular weight is 389 g/mol. The Balaban J connectivity index is 1.65. The second-order valence-corrected chi connectivity index (χ2v) is 7.09. The van der Waals surface area contributed by atoms with Crippen molar-refractivity contribution in [3.63, 3.8) is 0 Å². The summed E-state index contributed by atoms with van der Waals surface area (Å²) in [6, 6.07) is 19.5. The fraction of sp³-hybridized carbons (Fsp3) is 0.0455. The second-order valence-electron chi connectivity index (χ2n) is 6.15. The minimum absolute atomic E-state index is 0.159. The molecule has 0 aliphatic carbocycles. The average Bonchev–Trinajstić information content (AvgIpc) is 3.24. The predicted octanol–water partition coefficient (Wildman–Crippen LogP) is 5.19. The molecule has 0 atom stereocenters. The van der Waals surface area contributed by atoms with Crippen molar-refractivity contribution in [3.05, 3.63) is 89.7 Å². The fourth-order valence-electron chi connectivity index (χ4n) is 2.78. The number of anilines is 1. The smallest absolute Gasteiger partial charge is 0.230 e. The van der Waals surface area contributed by atoms with Gasteiger partial charge in [0.15, 0.2) is 5.82 Å². The van der Waals surface area contributed by atoms with Crippen LogP contribution in [0.4, 0.5) is 10.2 Å². The van der Waals surface area contributed by atoms with Gasteiger partial charge in [-0.3, -0.25) is 4.79 Å². The minimum Gasteiger partial charge on any atom is -0.309 e. The van der Waals surface area contributed by atoms with Crippen LogP contribution in [0.3, 0.4) is 0 Å². The van der Waals surface area contributed by atoms with Crippen molar-refractivity contribution >= 4 is 23.1 Å². The number of carbonyl (C=O) groups excluding carboxylic acids is 1. The van der Waals surface area contributed by atoms with E-state index in [9.17, 15) is 9.18 Å². The zero-order chi connectivity index (χ0) is 19.3. The highest BCUT2D eigenvalue weighted by Crippen LogP contribution is 2.31. The van der Waals surface area contributed by atoms with Crippen LogP contribution in [0.2, 0.25) is 0 Å². The highest BCUT2D eigenvalue weighted by atomic mass is 32.1. The second kappa shape index (κ2) is 8.10. The van der Waals surface area contributed by atoms with Gasteiger partial charge in [-0.25, -0.2) is 14.4 Å². The number of halogens is 1. The maximum absolute atomic E-state index is 13.2. The van der Waals surface area contributed by atoms with Crippen molar-refractivity contribution in [1.82, 2.24) is 9.97 Å². The molecule has 0 spiro atoms. The number of nitrogens with one attached hydrogen (secondary N) is 1. The topological polar surface area (TPSA) is 54.9 Å². The van der Waals surface area contributed by atoms with Gasteiger partial charge in [0, 0.05) is 5.56 Å². The molecule has 4 aromatic rings. The molecule has 28 heavy (non-hydrogen) atoms. The summed E-state index contributed by atoms with van der Waals surface area (Å²) in [6.07, 6.45) is 1.84. The van der Waals surface area contributed by atoms with Gasteiger partial charge in [-0.2, -0.15) is 0 Å². The van der Waals surface area contributed by atoms with Gasteiger partial charge >= 0.3 is 0 Å². The summed E-state index contributed by atoms with van der Waals surface area (Å²) >= 11 is 1.51. The third-order valence-electron chi connectivity index (χ3n) is 4.13. The van der Waals surface area contributed by atoms with Crippen molar-refractivity contribution < 1.29 is 9.18 Å². The molecule has 1 amide bonds. The van der Waals surface area contributed by atoms with Crippen molar-refractivity contribution in [2.45, 2.75) is 6.42 Å². The molecule has 0 fully saturated rings. The quantitative estimate of drug-likeness (QED) is 0.511. The third-order valence-corrected chi connectivity index (χ3v) is 5.01. The van der Waals surface area contributed by atoms with E-state index in [0.717, 1.165) is 16.0 Å². The molecule has 2 aromatic heterocycles. The summed E-state index contributed by atoms with van der Waals surface area (Å²) in [5.41, 5.74) is 2.89. The first-order chi connectivity index (χ1) is 13.7. The first-order valence-corrected chi connectivity index (χ1v) is 9.57. The maximum atomic E-state index is 13.2. The lowest BCUT2D eigenvalue weighted by Gasteiger charge is -2.11. The molecule has 0 radical (unpaired) electrons. The number of carbonyl (C=O) groups is 1. The van der Waals surface area contributed by atoms with E-state index >= 15 is 0 Å². The number of benzene rings is 2. The van der Waals surface area contributed by atoms with Crippen molar-refractivity contribution in [1.29, 1.82) is 0 Å². The highest BCUT2D eigenvalue weighted by Gasteiger charge is 2.15. The van der Waals surface area contributed by atoms with E-state index < -0.39 is 0 Å². The summed E-state index contributed by atoms with van der Waals surface area (Å²) in [7, 11) is 0. The zero-order valence-electron chi connectivity index (χ0n) is 14.8. The minimum atomic E-state index is -0.306. The molecular weight excluding hydrogens is 373 g/mol. The van der Waals surface area contributed by atoms with Gasteiger partial charge in [-0.1, -0.05) is 36.4 Å². The molecule has 2 heterocycles. The lowest BCUT2D eigenvalue weighted by Crippen LogP contribution is -2.16. The van der Waals surface area contributed by atoms with Gasteiger partial charge < -0.3 is 5.32 Å². The van der Waals surface area contributed by atoms with Crippen LogP contribution in [0, 0.1) is 5.82 Å². The van der Waals surface area contributed by atoms with Crippen molar-refractivity contribution in [2.24, 2.45) is 0 Å². The monoisotopic (exact) mass is 389 g/mol. The molecule has 0 saturated heterocycles. The Morgan fingerprint density at radius 1 is 1.00 bits per heavy atom. The predicted molar refractivity (Wildman–Crippen MR) is 110 cm³/mol. The molecule has 4 rings (SSSR count). The molecule has 2 aromatic carbocycles. The van der Waals surface area contributed by atoms with Gasteiger partial charge in [-0.15, -0.1) is 11.3 Å². The lowest BCUT2D eigenvalue weighted by molar-refractivity contribution is -0.115. The van der Waals surface area contributed by atoms with Crippen LogP contribution < -0.4 is 5.32 Å². The molecule has 0 aliphatic heterocycles. The van der Waals surface area contributed by atoms with E-state index in [1.165, 1.54) is 23.5 Å². The first-order valence-electron chi connectivity index (χ1n) is 8.70. The first kappa shape index (κ1) is 18.0. The largest absolute Gasteiger partial charge is 0.309 e. The number of aromatic nitrogens is 2. The van der Waals surface area contributed by atoms with Crippen molar-refractivity contribution in [2.75, 3.05) is 5.32 Å². The number of thiophene rings is 1. The summed E-state index contributed by atoms with van der Waals surface area (Å²) in [6.45, 7) is 0. The molecule has 0 bridgehead atoms. The number of rotatable bonds is 5. The SMILES string of the molecule is O=C(Cc1ccccc1)Nc1ncc(-c2ccc(F)cc2)nc1-c1cccs1. The number of hydrogen-bond donors (Lipinski definition) is 1. The van der Waals surface area contributed by atoms with Crippen LogP contribution in [0.15, 0.2) is 78.3 Å². The Labute approximate surface area is 165 Å². The van der Waals surface area contributed by atoms with E-state index in [-0.39, 0.29) is 18.1 Å². The van der Waals surface area contributed by atoms with Gasteiger partial charge in [0.1, 0.15) is 11.5 Å². The van der Waals surface area contributed by atoms with E-state index in [1.807, 2.05) is 47.8 Å². The van der Waals surface area contributed by atoms with Crippen LogP contribution in [-0.2, 0) is 11.2 Å². The van der Waals surface area contributed by atoms with Crippen LogP contribution in [-0.4, -0.2) is 15.9 Å². The summed E-state index contributed by atoms with van der Waals surface area (Å²) in [5.74, 6) is -0.0536. The van der Waals surface area contributed by atoms with E-state index in [0.29, 0.717) is 17.2 Å². The molecular formula is C22H16FN3OS. The third kappa shape index (κ3) is 4.13. The number of amides is 1. The Kier molecular flexibility index (Phi) is 5.21. The highest BCUT2D eigenvalue weighted by molar-refractivity contribution is 7.13. The van der Waals surface area contributed by atoms with Crippen LogP contribution in [0.25, 0.3) is 21.8 Å². The molecule has 0 aliphatic rings. The maximum Gasteiger partial charge on any atom is 0.230 e. The van der Waals surface area contributed by atoms with E-state index in [2.05, 4.69) is 15.3 Å². The Morgan fingerprint density at radius 3 is 2.50 bits per heavy atom. The molecule has 0 unspecified atom stereocenters. The van der Waals surface area contributed by atoms with Gasteiger partial charge in [-0.05, 0) is 41.3 Å². The molecule has 0 saturated carbocycles.